The molecule has 0 heterocycles. The average molecular weight is 417 g/mol. The molecule has 30 heavy (non-hydrogen) atoms. The molecular weight excluding hydrogens is 368 g/mol. The Morgan fingerprint density at radius 1 is 0.933 bits per heavy atom. The maximum Gasteiger partial charge on any atom is 0.0608 e. The van der Waals surface area contributed by atoms with Crippen molar-refractivity contribution < 1.29 is 10.2 Å². The normalized spacial score (nSPS) is 20.2. The van der Waals surface area contributed by atoms with Crippen molar-refractivity contribution in [3.63, 3.8) is 0 Å². The van der Waals surface area contributed by atoms with Gasteiger partial charge in [-0.2, -0.15) is 0 Å². The number of allylic oxidation sites excluding steroid dienone is 5. The smallest absolute Gasteiger partial charge is 0.0608 e. The minimum Gasteiger partial charge on any atom is -0.393 e. The highest BCUT2D eigenvalue weighted by Gasteiger charge is 2.23. The fraction of sp³-hybridized carbons (Fsp3) is 0.786. The summed E-state index contributed by atoms with van der Waals surface area (Å²) in [5.74, 6) is 0.303. The Hall–Kier alpha value is -0.860. The molecule has 0 bridgehead atoms. The van der Waals surface area contributed by atoms with Gasteiger partial charge in [-0.05, 0) is 71.1 Å². The molecule has 0 spiro atoms. The fourth-order valence-electron chi connectivity index (χ4n) is 4.82. The van der Waals surface area contributed by atoms with Gasteiger partial charge in [-0.15, -0.1) is 0 Å². The monoisotopic (exact) mass is 416 g/mol. The maximum absolute atomic E-state index is 10.8. The highest BCUT2D eigenvalue weighted by molar-refractivity contribution is 5.24. The highest BCUT2D eigenvalue weighted by Crippen LogP contribution is 2.34. The molecule has 0 aromatic heterocycles. The van der Waals surface area contributed by atoms with E-state index in [-0.39, 0.29) is 12.2 Å². The van der Waals surface area contributed by atoms with Crippen molar-refractivity contribution in [2.75, 3.05) is 0 Å². The van der Waals surface area contributed by atoms with Crippen LogP contribution in [0.25, 0.3) is 0 Å². The van der Waals surface area contributed by atoms with Gasteiger partial charge in [0.05, 0.1) is 12.2 Å². The summed E-state index contributed by atoms with van der Waals surface area (Å²) in [4.78, 5) is 0. The summed E-state index contributed by atoms with van der Waals surface area (Å²) in [6.07, 6.45) is 26.0. The van der Waals surface area contributed by atoms with Gasteiger partial charge in [-0.1, -0.05) is 86.8 Å². The largest absolute Gasteiger partial charge is 0.393 e. The predicted molar refractivity (Wildman–Crippen MR) is 130 cm³/mol. The molecule has 1 saturated carbocycles. The Morgan fingerprint density at radius 3 is 2.37 bits per heavy atom. The van der Waals surface area contributed by atoms with Crippen molar-refractivity contribution in [2.45, 2.75) is 135 Å². The highest BCUT2D eigenvalue weighted by atomic mass is 16.3. The van der Waals surface area contributed by atoms with Gasteiger partial charge in [0.1, 0.15) is 0 Å². The van der Waals surface area contributed by atoms with Crippen molar-refractivity contribution in [1.29, 1.82) is 0 Å². The van der Waals surface area contributed by atoms with Crippen LogP contribution in [-0.4, -0.2) is 22.4 Å². The molecule has 0 amide bonds. The van der Waals surface area contributed by atoms with Crippen molar-refractivity contribution in [3.8, 4) is 0 Å². The first-order valence-electron chi connectivity index (χ1n) is 13.0. The first kappa shape index (κ1) is 25.4. The molecule has 0 aromatic rings. The Morgan fingerprint density at radius 2 is 1.63 bits per heavy atom. The second-order valence-corrected chi connectivity index (χ2v) is 9.81. The lowest BCUT2D eigenvalue weighted by molar-refractivity contribution is 0.111. The van der Waals surface area contributed by atoms with Gasteiger partial charge in [-0.3, -0.25) is 0 Å². The lowest BCUT2D eigenvalue weighted by Crippen LogP contribution is -2.23. The van der Waals surface area contributed by atoms with E-state index in [4.69, 9.17) is 0 Å². The molecule has 2 heteroatoms. The Balaban J connectivity index is 1.57. The van der Waals surface area contributed by atoms with Crippen LogP contribution in [0.2, 0.25) is 0 Å². The summed E-state index contributed by atoms with van der Waals surface area (Å²) in [6.45, 7) is 4.52. The number of aliphatic hydroxyl groups excluding tert-OH is 2. The maximum atomic E-state index is 10.8. The summed E-state index contributed by atoms with van der Waals surface area (Å²) < 4.78 is 0. The SMILES string of the molecule is CCCCCCCC[C@H](O)CCCCC1=CC=CCC1[C@H](O)CCCC(C)=C1CC1. The second kappa shape index (κ2) is 15.0. The van der Waals surface area contributed by atoms with E-state index in [1.165, 1.54) is 56.9 Å². The molecule has 1 fully saturated rings. The van der Waals surface area contributed by atoms with E-state index < -0.39 is 0 Å². The van der Waals surface area contributed by atoms with Crippen molar-refractivity contribution >= 4 is 0 Å². The Labute approximate surface area is 186 Å². The molecule has 0 saturated heterocycles. The number of rotatable bonds is 17. The van der Waals surface area contributed by atoms with Crippen molar-refractivity contribution in [2.24, 2.45) is 5.92 Å². The van der Waals surface area contributed by atoms with Gasteiger partial charge in [0.15, 0.2) is 0 Å². The molecule has 2 N–H and O–H groups in total. The second-order valence-electron chi connectivity index (χ2n) is 9.81. The van der Waals surface area contributed by atoms with E-state index >= 15 is 0 Å². The van der Waals surface area contributed by atoms with Gasteiger partial charge in [0, 0.05) is 5.92 Å². The summed E-state index contributed by atoms with van der Waals surface area (Å²) in [5.41, 5.74) is 4.65. The van der Waals surface area contributed by atoms with Crippen LogP contribution in [-0.2, 0) is 0 Å². The van der Waals surface area contributed by atoms with E-state index in [1.807, 2.05) is 0 Å². The van der Waals surface area contributed by atoms with Gasteiger partial charge >= 0.3 is 0 Å². The molecule has 3 atom stereocenters. The molecular formula is C28H48O2. The minimum absolute atomic E-state index is 0.123. The van der Waals surface area contributed by atoms with E-state index in [1.54, 1.807) is 11.1 Å². The Kier molecular flexibility index (Phi) is 12.7. The molecule has 2 aliphatic carbocycles. The first-order chi connectivity index (χ1) is 14.6. The van der Waals surface area contributed by atoms with Crippen LogP contribution in [0.5, 0.6) is 0 Å². The van der Waals surface area contributed by atoms with E-state index in [0.29, 0.717) is 5.92 Å². The lowest BCUT2D eigenvalue weighted by Gasteiger charge is -2.27. The first-order valence-corrected chi connectivity index (χ1v) is 13.0. The molecule has 0 aromatic carbocycles. The van der Waals surface area contributed by atoms with Gasteiger partial charge in [0.25, 0.3) is 0 Å². The topological polar surface area (TPSA) is 40.5 Å². The standard InChI is InChI=1S/C28H48O2/c1-3-4-5-6-7-8-17-26(29)18-11-9-15-25-16-10-12-19-27(25)28(30)20-13-14-23(2)24-21-22-24/h10,12,16,26-30H,3-9,11,13-15,17-22H2,1-2H3/t26-,27?,28+/m0/s1. The van der Waals surface area contributed by atoms with Crippen molar-refractivity contribution in [3.05, 3.63) is 34.9 Å². The number of unbranched alkanes of at least 4 members (excludes halogenated alkanes) is 6. The Bertz CT molecular complexity index is 551. The number of aliphatic hydroxyl groups is 2. The minimum atomic E-state index is -0.212. The summed E-state index contributed by atoms with van der Waals surface area (Å²) in [5, 5.41) is 21.0. The van der Waals surface area contributed by atoms with Gasteiger partial charge < -0.3 is 10.2 Å². The molecule has 0 radical (unpaired) electrons. The number of hydrogen-bond donors (Lipinski definition) is 2. The molecule has 0 aliphatic heterocycles. The summed E-state index contributed by atoms with van der Waals surface area (Å²) >= 11 is 0. The third-order valence-corrected chi connectivity index (χ3v) is 7.08. The van der Waals surface area contributed by atoms with Crippen LogP contribution in [0.3, 0.4) is 0 Å². The van der Waals surface area contributed by atoms with Crippen LogP contribution in [0, 0.1) is 5.92 Å². The van der Waals surface area contributed by atoms with E-state index in [9.17, 15) is 10.2 Å². The third kappa shape index (κ3) is 10.4. The molecule has 1 unspecified atom stereocenters. The molecule has 2 aliphatic rings. The van der Waals surface area contributed by atoms with Crippen LogP contribution in [0.1, 0.15) is 123 Å². The molecule has 2 nitrogen and oxygen atoms in total. The lowest BCUT2D eigenvalue weighted by atomic mass is 9.82. The van der Waals surface area contributed by atoms with Crippen LogP contribution in [0.15, 0.2) is 34.9 Å². The van der Waals surface area contributed by atoms with Gasteiger partial charge in [-0.25, -0.2) is 0 Å². The predicted octanol–water partition coefficient (Wildman–Crippen LogP) is 7.80. The number of hydrogen-bond acceptors (Lipinski definition) is 2. The zero-order chi connectivity index (χ0) is 21.6. The quantitative estimate of drug-likeness (QED) is 0.187. The van der Waals surface area contributed by atoms with Crippen molar-refractivity contribution in [1.82, 2.24) is 0 Å². The van der Waals surface area contributed by atoms with E-state index in [2.05, 4.69) is 32.1 Å². The molecule has 172 valence electrons. The summed E-state index contributed by atoms with van der Waals surface area (Å²) in [7, 11) is 0. The zero-order valence-electron chi connectivity index (χ0n) is 19.9. The average Bonchev–Trinajstić information content (AvgIpc) is 3.59. The van der Waals surface area contributed by atoms with Crippen LogP contribution >= 0.6 is 0 Å². The third-order valence-electron chi connectivity index (χ3n) is 7.08. The summed E-state index contributed by atoms with van der Waals surface area (Å²) in [6, 6.07) is 0. The zero-order valence-corrected chi connectivity index (χ0v) is 19.9. The van der Waals surface area contributed by atoms with Crippen LogP contribution < -0.4 is 0 Å². The van der Waals surface area contributed by atoms with Crippen LogP contribution in [0.4, 0.5) is 0 Å². The fourth-order valence-corrected chi connectivity index (χ4v) is 4.82. The van der Waals surface area contributed by atoms with E-state index in [0.717, 1.165) is 57.8 Å². The molecule has 2 rings (SSSR count). The van der Waals surface area contributed by atoms with Gasteiger partial charge in [0.2, 0.25) is 0 Å².